The highest BCUT2D eigenvalue weighted by molar-refractivity contribution is 7.99. The summed E-state index contributed by atoms with van der Waals surface area (Å²) >= 11 is 1.22. The van der Waals surface area contributed by atoms with Crippen LogP contribution in [0.3, 0.4) is 0 Å². The number of hydrogen-bond donors (Lipinski definition) is 0. The van der Waals surface area contributed by atoms with Crippen LogP contribution >= 0.6 is 11.8 Å². The van der Waals surface area contributed by atoms with Crippen LogP contribution in [0.4, 0.5) is 0 Å². The predicted molar refractivity (Wildman–Crippen MR) is 113 cm³/mol. The molecule has 7 heteroatoms. The molecule has 0 aliphatic rings. The molecule has 152 valence electrons. The average Bonchev–Trinajstić information content (AvgIpc) is 3.24. The van der Waals surface area contributed by atoms with Crippen molar-refractivity contribution in [1.82, 2.24) is 10.2 Å². The van der Waals surface area contributed by atoms with E-state index in [-0.39, 0.29) is 11.5 Å². The van der Waals surface area contributed by atoms with Crippen molar-refractivity contribution in [2.45, 2.75) is 31.4 Å². The van der Waals surface area contributed by atoms with Gasteiger partial charge in [0.2, 0.25) is 0 Å². The van der Waals surface area contributed by atoms with Crippen LogP contribution in [0.2, 0.25) is 0 Å². The zero-order valence-electron chi connectivity index (χ0n) is 16.8. The molecule has 6 nitrogen and oxygen atoms in total. The number of unbranched alkanes of at least 4 members (excludes halogenated alkanes) is 1. The topological polar surface area (TPSA) is 74.5 Å². The van der Waals surface area contributed by atoms with Gasteiger partial charge >= 0.3 is 0 Å². The van der Waals surface area contributed by atoms with Gasteiger partial charge in [-0.2, -0.15) is 0 Å². The highest BCUT2D eigenvalue weighted by atomic mass is 32.2. The van der Waals surface area contributed by atoms with Gasteiger partial charge in [-0.15, -0.1) is 10.2 Å². The molecule has 0 saturated carbocycles. The highest BCUT2D eigenvalue weighted by Gasteiger charge is 2.16. The molecular weight excluding hydrogens is 388 g/mol. The summed E-state index contributed by atoms with van der Waals surface area (Å²) < 4.78 is 16.3. The van der Waals surface area contributed by atoms with Crippen LogP contribution in [0.1, 0.15) is 35.7 Å². The first-order valence-corrected chi connectivity index (χ1v) is 10.4. The van der Waals surface area contributed by atoms with Crippen LogP contribution in [0.25, 0.3) is 11.5 Å². The lowest BCUT2D eigenvalue weighted by atomic mass is 10.1. The maximum absolute atomic E-state index is 12.4. The standard InChI is InChI=1S/C22H24N2O4S/c1-4-5-6-15-7-9-16(10-8-15)19(25)14-29-22-24-23-21(28-22)18-12-11-17(26-2)13-20(18)27-3/h7-13H,4-6,14H2,1-3H3. The number of Topliss-reactive ketones (excluding diaryl/α,β-unsaturated/α-hetero) is 1. The van der Waals surface area contributed by atoms with E-state index in [1.54, 1.807) is 32.4 Å². The molecule has 0 atom stereocenters. The third-order valence-corrected chi connectivity index (χ3v) is 5.29. The Hall–Kier alpha value is -2.80. The quantitative estimate of drug-likeness (QED) is 0.340. The Morgan fingerprint density at radius 3 is 2.55 bits per heavy atom. The SMILES string of the molecule is CCCCc1ccc(C(=O)CSc2nnc(-c3ccc(OC)cc3OC)o2)cc1. The summed E-state index contributed by atoms with van der Waals surface area (Å²) in [5.74, 6) is 1.84. The zero-order chi connectivity index (χ0) is 20.6. The van der Waals surface area contributed by atoms with Crippen molar-refractivity contribution in [3.8, 4) is 23.0 Å². The van der Waals surface area contributed by atoms with E-state index >= 15 is 0 Å². The van der Waals surface area contributed by atoms with Gasteiger partial charge in [0, 0.05) is 11.6 Å². The van der Waals surface area contributed by atoms with Gasteiger partial charge in [-0.05, 0) is 30.5 Å². The fraction of sp³-hybridized carbons (Fsp3) is 0.318. The minimum absolute atomic E-state index is 0.0267. The van der Waals surface area contributed by atoms with Crippen molar-refractivity contribution in [3.05, 3.63) is 53.6 Å². The number of ether oxygens (including phenoxy) is 2. The molecule has 0 bridgehead atoms. The second kappa shape index (κ2) is 10.1. The van der Waals surface area contributed by atoms with Gasteiger partial charge in [-0.3, -0.25) is 4.79 Å². The van der Waals surface area contributed by atoms with Crippen molar-refractivity contribution in [1.29, 1.82) is 0 Å². The first kappa shape index (κ1) is 20.9. The number of rotatable bonds is 10. The maximum Gasteiger partial charge on any atom is 0.277 e. The van der Waals surface area contributed by atoms with Gasteiger partial charge < -0.3 is 13.9 Å². The zero-order valence-corrected chi connectivity index (χ0v) is 17.6. The Morgan fingerprint density at radius 2 is 1.86 bits per heavy atom. The van der Waals surface area contributed by atoms with Crippen molar-refractivity contribution < 1.29 is 18.7 Å². The molecule has 3 rings (SSSR count). The number of aromatic nitrogens is 2. The van der Waals surface area contributed by atoms with E-state index in [0.29, 0.717) is 33.7 Å². The fourth-order valence-corrected chi connectivity index (χ4v) is 3.46. The highest BCUT2D eigenvalue weighted by Crippen LogP contribution is 2.33. The summed E-state index contributed by atoms with van der Waals surface area (Å²) in [7, 11) is 3.15. The second-order valence-electron chi connectivity index (χ2n) is 6.45. The average molecular weight is 413 g/mol. The van der Waals surface area contributed by atoms with E-state index in [1.165, 1.54) is 17.3 Å². The summed E-state index contributed by atoms with van der Waals surface area (Å²) in [6.07, 6.45) is 3.35. The monoisotopic (exact) mass is 412 g/mol. The molecule has 0 N–H and O–H groups in total. The number of ketones is 1. The van der Waals surface area contributed by atoms with Crippen LogP contribution in [0.15, 0.2) is 52.1 Å². The van der Waals surface area contributed by atoms with Crippen molar-refractivity contribution in [2.24, 2.45) is 0 Å². The molecule has 0 radical (unpaired) electrons. The van der Waals surface area contributed by atoms with E-state index in [9.17, 15) is 4.79 Å². The van der Waals surface area contributed by atoms with Crippen molar-refractivity contribution in [2.75, 3.05) is 20.0 Å². The van der Waals surface area contributed by atoms with Crippen LogP contribution in [0, 0.1) is 0 Å². The number of benzene rings is 2. The molecule has 0 unspecified atom stereocenters. The molecule has 3 aromatic rings. The normalized spacial score (nSPS) is 10.7. The summed E-state index contributed by atoms with van der Waals surface area (Å²) in [4.78, 5) is 12.4. The van der Waals surface area contributed by atoms with Crippen LogP contribution in [-0.2, 0) is 6.42 Å². The molecule has 0 saturated heterocycles. The van der Waals surface area contributed by atoms with E-state index in [0.717, 1.165) is 19.3 Å². The molecule has 1 aromatic heterocycles. The van der Waals surface area contributed by atoms with Crippen LogP contribution < -0.4 is 9.47 Å². The molecule has 29 heavy (non-hydrogen) atoms. The van der Waals surface area contributed by atoms with Gasteiger partial charge in [0.05, 0.1) is 25.5 Å². The Balaban J connectivity index is 1.62. The number of methoxy groups -OCH3 is 2. The molecule has 0 aliphatic carbocycles. The minimum atomic E-state index is 0.0267. The summed E-state index contributed by atoms with van der Waals surface area (Å²) in [5.41, 5.74) is 2.61. The van der Waals surface area contributed by atoms with E-state index in [1.807, 2.05) is 24.3 Å². The third kappa shape index (κ3) is 5.38. The number of carbonyl (C=O) groups excluding carboxylic acids is 1. The first-order valence-electron chi connectivity index (χ1n) is 9.45. The minimum Gasteiger partial charge on any atom is -0.497 e. The molecular formula is C22H24N2O4S. The van der Waals surface area contributed by atoms with Gasteiger partial charge in [-0.25, -0.2) is 0 Å². The lowest BCUT2D eigenvalue weighted by Crippen LogP contribution is -2.02. The van der Waals surface area contributed by atoms with Gasteiger partial charge in [0.1, 0.15) is 11.5 Å². The van der Waals surface area contributed by atoms with Crippen molar-refractivity contribution in [3.63, 3.8) is 0 Å². The number of nitrogens with zero attached hydrogens (tertiary/aromatic N) is 2. The summed E-state index contributed by atoms with van der Waals surface area (Å²) in [5, 5.41) is 8.44. The fourth-order valence-electron chi connectivity index (χ4n) is 2.80. The Morgan fingerprint density at radius 1 is 1.07 bits per heavy atom. The maximum atomic E-state index is 12.4. The van der Waals surface area contributed by atoms with Crippen molar-refractivity contribution >= 4 is 17.5 Å². The molecule has 1 heterocycles. The molecule has 2 aromatic carbocycles. The number of thioether (sulfide) groups is 1. The molecule has 0 aliphatic heterocycles. The van der Waals surface area contributed by atoms with Crippen LogP contribution in [0.5, 0.6) is 11.5 Å². The third-order valence-electron chi connectivity index (χ3n) is 4.47. The van der Waals surface area contributed by atoms with Crippen LogP contribution in [-0.4, -0.2) is 36.0 Å². The number of aryl methyl sites for hydroxylation is 1. The smallest absolute Gasteiger partial charge is 0.277 e. The lowest BCUT2D eigenvalue weighted by molar-refractivity contribution is 0.102. The summed E-state index contributed by atoms with van der Waals surface area (Å²) in [6.45, 7) is 2.17. The second-order valence-corrected chi connectivity index (χ2v) is 7.38. The molecule has 0 fully saturated rings. The number of carbonyl (C=O) groups is 1. The Bertz CT molecular complexity index is 954. The van der Waals surface area contributed by atoms with Gasteiger partial charge in [0.15, 0.2) is 5.78 Å². The Kier molecular flexibility index (Phi) is 7.30. The molecule has 0 amide bonds. The largest absolute Gasteiger partial charge is 0.497 e. The first-order chi connectivity index (χ1) is 14.1. The molecule has 0 spiro atoms. The number of hydrogen-bond acceptors (Lipinski definition) is 7. The predicted octanol–water partition coefficient (Wildman–Crippen LogP) is 5.07. The van der Waals surface area contributed by atoms with Gasteiger partial charge in [0.25, 0.3) is 11.1 Å². The van der Waals surface area contributed by atoms with E-state index in [4.69, 9.17) is 13.9 Å². The van der Waals surface area contributed by atoms with E-state index < -0.39 is 0 Å². The van der Waals surface area contributed by atoms with Gasteiger partial charge in [-0.1, -0.05) is 49.4 Å². The summed E-state index contributed by atoms with van der Waals surface area (Å²) in [6, 6.07) is 13.2. The Labute approximate surface area is 174 Å². The van der Waals surface area contributed by atoms with E-state index in [2.05, 4.69) is 17.1 Å². The lowest BCUT2D eigenvalue weighted by Gasteiger charge is -2.07.